The Bertz CT molecular complexity index is 974. The molecule has 130 valence electrons. The van der Waals surface area contributed by atoms with Crippen LogP contribution in [0.1, 0.15) is 27.2 Å². The summed E-state index contributed by atoms with van der Waals surface area (Å²) in [5.74, 6) is -0.836. The first-order valence-electron chi connectivity index (χ1n) is 7.58. The number of hydrogen-bond acceptors (Lipinski definition) is 2. The van der Waals surface area contributed by atoms with Crippen LogP contribution >= 0.6 is 0 Å². The molecule has 2 heterocycles. The number of fused-ring (bicyclic) bond motifs is 1. The van der Waals surface area contributed by atoms with E-state index in [4.69, 9.17) is 0 Å². The zero-order chi connectivity index (χ0) is 18.4. The molecule has 0 aliphatic heterocycles. The van der Waals surface area contributed by atoms with Gasteiger partial charge in [0, 0.05) is 30.5 Å². The number of rotatable bonds is 2. The monoisotopic (exact) mass is 347 g/mol. The largest absolute Gasteiger partial charge is 0.417 e. The van der Waals surface area contributed by atoms with Gasteiger partial charge in [-0.3, -0.25) is 9.78 Å². The fraction of sp³-hybridized carbons (Fsp3) is 0.222. The van der Waals surface area contributed by atoms with Gasteiger partial charge in [0.25, 0.3) is 5.91 Å². The molecule has 0 bridgehead atoms. The van der Waals surface area contributed by atoms with Crippen molar-refractivity contribution in [1.82, 2.24) is 9.55 Å². The Hall–Kier alpha value is -2.83. The van der Waals surface area contributed by atoms with E-state index in [2.05, 4.69) is 10.3 Å². The van der Waals surface area contributed by atoms with Gasteiger partial charge in [0.15, 0.2) is 0 Å². The number of nitrogens with one attached hydrogen (secondary N) is 1. The quantitative estimate of drug-likeness (QED) is 0.744. The zero-order valence-corrected chi connectivity index (χ0v) is 13.9. The highest BCUT2D eigenvalue weighted by molar-refractivity contribution is 6.10. The molecule has 25 heavy (non-hydrogen) atoms. The molecule has 3 aromatic rings. The molecule has 1 N–H and O–H groups in total. The average molecular weight is 347 g/mol. The fourth-order valence-electron chi connectivity index (χ4n) is 2.84. The van der Waals surface area contributed by atoms with Crippen molar-refractivity contribution >= 4 is 22.5 Å². The van der Waals surface area contributed by atoms with E-state index in [0.29, 0.717) is 5.69 Å². The highest BCUT2D eigenvalue weighted by Crippen LogP contribution is 2.34. The molecule has 0 unspecified atom stereocenters. The standard InChI is InChI=1S/C18H16F3N3O/c1-10-4-5-12-15(8-10)24(3)11(2)16(12)23-17(25)13-9-22-7-6-14(13)18(19,20)21/h4-9H,1-3H3,(H,23,25). The first-order chi connectivity index (χ1) is 11.7. The highest BCUT2D eigenvalue weighted by atomic mass is 19.4. The van der Waals surface area contributed by atoms with E-state index in [1.54, 1.807) is 6.92 Å². The van der Waals surface area contributed by atoms with Gasteiger partial charge < -0.3 is 9.88 Å². The third-order valence-electron chi connectivity index (χ3n) is 4.26. The van der Waals surface area contributed by atoms with Crippen LogP contribution in [0.25, 0.3) is 10.9 Å². The lowest BCUT2D eigenvalue weighted by molar-refractivity contribution is -0.137. The topological polar surface area (TPSA) is 46.9 Å². The van der Waals surface area contributed by atoms with Crippen LogP contribution in [0.15, 0.2) is 36.7 Å². The Morgan fingerprint density at radius 3 is 2.60 bits per heavy atom. The minimum absolute atomic E-state index is 0.500. The number of halogens is 3. The summed E-state index contributed by atoms with van der Waals surface area (Å²) in [5, 5.41) is 3.40. The van der Waals surface area contributed by atoms with Crippen LogP contribution in [-0.4, -0.2) is 15.5 Å². The molecule has 0 aliphatic rings. The molecule has 0 saturated heterocycles. The molecule has 1 amide bonds. The average Bonchev–Trinajstić information content (AvgIpc) is 2.79. The summed E-state index contributed by atoms with van der Waals surface area (Å²) in [6.07, 6.45) is -2.67. The Kier molecular flexibility index (Phi) is 4.02. The molecule has 0 fully saturated rings. The van der Waals surface area contributed by atoms with Gasteiger partial charge in [-0.1, -0.05) is 12.1 Å². The van der Waals surface area contributed by atoms with Gasteiger partial charge in [0.2, 0.25) is 0 Å². The van der Waals surface area contributed by atoms with Crippen molar-refractivity contribution in [2.45, 2.75) is 20.0 Å². The Morgan fingerprint density at radius 2 is 1.92 bits per heavy atom. The predicted molar refractivity (Wildman–Crippen MR) is 89.6 cm³/mol. The van der Waals surface area contributed by atoms with Gasteiger partial charge in [-0.05, 0) is 31.5 Å². The van der Waals surface area contributed by atoms with Crippen molar-refractivity contribution < 1.29 is 18.0 Å². The molecule has 0 aliphatic carbocycles. The molecule has 0 spiro atoms. The Morgan fingerprint density at radius 1 is 1.20 bits per heavy atom. The minimum Gasteiger partial charge on any atom is -0.346 e. The van der Waals surface area contributed by atoms with Crippen LogP contribution < -0.4 is 5.32 Å². The zero-order valence-electron chi connectivity index (χ0n) is 13.9. The summed E-state index contributed by atoms with van der Waals surface area (Å²) in [4.78, 5) is 16.2. The maximum atomic E-state index is 13.1. The van der Waals surface area contributed by atoms with E-state index < -0.39 is 23.2 Å². The highest BCUT2D eigenvalue weighted by Gasteiger charge is 2.35. The molecule has 0 radical (unpaired) electrons. The van der Waals surface area contributed by atoms with E-state index in [1.807, 2.05) is 36.7 Å². The van der Waals surface area contributed by atoms with Crippen LogP contribution in [-0.2, 0) is 13.2 Å². The number of hydrogen-bond donors (Lipinski definition) is 1. The molecule has 7 heteroatoms. The number of amides is 1. The second-order valence-electron chi connectivity index (χ2n) is 5.91. The lowest BCUT2D eigenvalue weighted by Gasteiger charge is -2.12. The van der Waals surface area contributed by atoms with Gasteiger partial charge in [-0.15, -0.1) is 0 Å². The van der Waals surface area contributed by atoms with Gasteiger partial charge >= 0.3 is 6.18 Å². The van der Waals surface area contributed by atoms with Gasteiger partial charge in [0.05, 0.1) is 22.3 Å². The van der Waals surface area contributed by atoms with E-state index >= 15 is 0 Å². The number of pyridine rings is 1. The maximum absolute atomic E-state index is 13.1. The molecule has 0 atom stereocenters. The van der Waals surface area contributed by atoms with Crippen molar-refractivity contribution in [1.29, 1.82) is 0 Å². The van der Waals surface area contributed by atoms with Crippen LogP contribution in [0.4, 0.5) is 18.9 Å². The van der Waals surface area contributed by atoms with E-state index in [9.17, 15) is 18.0 Å². The number of carbonyl (C=O) groups excluding carboxylic acids is 1. The number of nitrogens with zero attached hydrogens (tertiary/aromatic N) is 2. The number of aryl methyl sites for hydroxylation is 2. The Labute approximate surface area is 142 Å². The third kappa shape index (κ3) is 2.97. The predicted octanol–water partition coefficient (Wildman–Crippen LogP) is 4.46. The fourth-order valence-corrected chi connectivity index (χ4v) is 2.84. The summed E-state index contributed by atoms with van der Waals surface area (Å²) in [6.45, 7) is 3.75. The second kappa shape index (κ2) is 5.91. The summed E-state index contributed by atoms with van der Waals surface area (Å²) in [5.41, 5.74) is 1.70. The first-order valence-corrected chi connectivity index (χ1v) is 7.58. The number of alkyl halides is 3. The van der Waals surface area contributed by atoms with Crippen LogP contribution in [0.3, 0.4) is 0 Å². The summed E-state index contributed by atoms with van der Waals surface area (Å²) < 4.78 is 41.2. The number of anilines is 1. The maximum Gasteiger partial charge on any atom is 0.417 e. The van der Waals surface area contributed by atoms with Crippen molar-refractivity contribution in [3.8, 4) is 0 Å². The van der Waals surface area contributed by atoms with Gasteiger partial charge in [0.1, 0.15) is 0 Å². The smallest absolute Gasteiger partial charge is 0.346 e. The molecular weight excluding hydrogens is 331 g/mol. The van der Waals surface area contributed by atoms with Crippen molar-refractivity contribution in [2.24, 2.45) is 7.05 Å². The molecule has 0 saturated carbocycles. The molecule has 4 nitrogen and oxygen atoms in total. The third-order valence-corrected chi connectivity index (χ3v) is 4.26. The van der Waals surface area contributed by atoms with Crippen LogP contribution in [0, 0.1) is 13.8 Å². The van der Waals surface area contributed by atoms with Crippen molar-refractivity contribution in [3.63, 3.8) is 0 Å². The number of benzene rings is 1. The van der Waals surface area contributed by atoms with Crippen LogP contribution in [0.5, 0.6) is 0 Å². The van der Waals surface area contributed by atoms with Crippen molar-refractivity contribution in [2.75, 3.05) is 5.32 Å². The normalized spacial score (nSPS) is 11.8. The number of aromatic nitrogens is 2. The van der Waals surface area contributed by atoms with Crippen molar-refractivity contribution in [3.05, 3.63) is 59.0 Å². The summed E-state index contributed by atoms with van der Waals surface area (Å²) >= 11 is 0. The van der Waals surface area contributed by atoms with E-state index in [0.717, 1.165) is 40.6 Å². The minimum atomic E-state index is -4.62. The lowest BCUT2D eigenvalue weighted by atomic mass is 10.1. The van der Waals surface area contributed by atoms with E-state index in [1.165, 1.54) is 0 Å². The first kappa shape index (κ1) is 17.0. The summed E-state index contributed by atoms with van der Waals surface area (Å²) in [6, 6.07) is 6.50. The second-order valence-corrected chi connectivity index (χ2v) is 5.91. The molecular formula is C18H16F3N3O. The summed E-state index contributed by atoms with van der Waals surface area (Å²) in [7, 11) is 1.85. The Balaban J connectivity index is 2.06. The van der Waals surface area contributed by atoms with E-state index in [-0.39, 0.29) is 0 Å². The SMILES string of the molecule is Cc1ccc2c(NC(=O)c3cnccc3C(F)(F)F)c(C)n(C)c2c1. The molecule has 2 aromatic heterocycles. The van der Waals surface area contributed by atoms with Gasteiger partial charge in [-0.2, -0.15) is 13.2 Å². The van der Waals surface area contributed by atoms with Crippen LogP contribution in [0.2, 0.25) is 0 Å². The number of carbonyl (C=O) groups is 1. The molecule has 3 rings (SSSR count). The lowest BCUT2D eigenvalue weighted by Crippen LogP contribution is -2.19. The van der Waals surface area contributed by atoms with Gasteiger partial charge in [-0.25, -0.2) is 0 Å². The molecule has 1 aromatic carbocycles.